The number of rotatable bonds is 4. The van der Waals surface area contributed by atoms with Crippen LogP contribution in [0, 0.1) is 0 Å². The van der Waals surface area contributed by atoms with E-state index in [1.165, 1.54) is 10.9 Å². The Balaban J connectivity index is 1.42. The zero-order chi connectivity index (χ0) is 21.3. The number of nitrogens with zero attached hydrogens (tertiary/aromatic N) is 2. The van der Waals surface area contributed by atoms with Gasteiger partial charge in [-0.25, -0.2) is 4.98 Å². The summed E-state index contributed by atoms with van der Waals surface area (Å²) in [6.45, 7) is 0. The summed E-state index contributed by atoms with van der Waals surface area (Å²) in [4.78, 5) is 53.5. The fourth-order valence-corrected chi connectivity index (χ4v) is 3.30. The fourth-order valence-electron chi connectivity index (χ4n) is 3.30. The Morgan fingerprint density at radius 3 is 2.80 bits per heavy atom. The van der Waals surface area contributed by atoms with E-state index in [1.807, 2.05) is 0 Å². The quantitative estimate of drug-likeness (QED) is 0.606. The van der Waals surface area contributed by atoms with Crippen LogP contribution in [-0.4, -0.2) is 33.3 Å². The Morgan fingerprint density at radius 2 is 1.97 bits per heavy atom. The summed E-state index contributed by atoms with van der Waals surface area (Å²) in [5.41, 5.74) is 1.60. The summed E-state index contributed by atoms with van der Waals surface area (Å²) in [5.74, 6) is -1.08. The van der Waals surface area contributed by atoms with Crippen molar-refractivity contribution in [3.63, 3.8) is 0 Å². The third-order valence-electron chi connectivity index (χ3n) is 4.91. The van der Waals surface area contributed by atoms with Gasteiger partial charge in [0.2, 0.25) is 11.8 Å². The van der Waals surface area contributed by atoms with Gasteiger partial charge in [-0.1, -0.05) is 12.1 Å². The van der Waals surface area contributed by atoms with Crippen LogP contribution in [0.3, 0.4) is 0 Å². The minimum Gasteiger partial charge on any atom is -0.340 e. The molecular weight excluding hydrogens is 386 g/mol. The minimum absolute atomic E-state index is 0.0117. The van der Waals surface area contributed by atoms with Gasteiger partial charge in [0.05, 0.1) is 28.5 Å². The first-order valence-electron chi connectivity index (χ1n) is 9.38. The van der Waals surface area contributed by atoms with Gasteiger partial charge in [-0.3, -0.25) is 19.2 Å². The van der Waals surface area contributed by atoms with Crippen molar-refractivity contribution in [2.75, 3.05) is 10.6 Å². The highest BCUT2D eigenvalue weighted by molar-refractivity contribution is 6.10. The second-order valence-electron chi connectivity index (χ2n) is 7.04. The first-order chi connectivity index (χ1) is 14.4. The molecule has 3 aromatic rings. The zero-order valence-corrected chi connectivity index (χ0v) is 16.1. The van der Waals surface area contributed by atoms with Crippen molar-refractivity contribution < 1.29 is 14.4 Å². The molecule has 9 nitrogen and oxygen atoms in total. The number of hydrogen-bond donors (Lipinski definition) is 3. The van der Waals surface area contributed by atoms with Crippen molar-refractivity contribution in [2.24, 2.45) is 7.05 Å². The molecule has 1 aliphatic heterocycles. The maximum absolute atomic E-state index is 12.4. The summed E-state index contributed by atoms with van der Waals surface area (Å²) in [6.07, 6.45) is 1.58. The molecule has 2 aromatic carbocycles. The number of carbonyl (C=O) groups is 3. The van der Waals surface area contributed by atoms with E-state index in [0.717, 1.165) is 0 Å². The van der Waals surface area contributed by atoms with E-state index in [-0.39, 0.29) is 36.1 Å². The Morgan fingerprint density at radius 1 is 1.17 bits per heavy atom. The highest BCUT2D eigenvalue weighted by Crippen LogP contribution is 2.20. The third kappa shape index (κ3) is 3.77. The van der Waals surface area contributed by atoms with Gasteiger partial charge in [-0.05, 0) is 36.8 Å². The fraction of sp³-hybridized carbons (Fsp3) is 0.190. The number of benzene rings is 2. The van der Waals surface area contributed by atoms with Crippen molar-refractivity contribution in [3.05, 3.63) is 64.7 Å². The second-order valence-corrected chi connectivity index (χ2v) is 7.04. The number of amides is 3. The van der Waals surface area contributed by atoms with Crippen molar-refractivity contribution in [3.8, 4) is 0 Å². The molecule has 0 saturated carbocycles. The van der Waals surface area contributed by atoms with Crippen LogP contribution in [0.2, 0.25) is 0 Å². The minimum atomic E-state index is -0.830. The molecule has 0 unspecified atom stereocenters. The monoisotopic (exact) mass is 405 g/mol. The van der Waals surface area contributed by atoms with Gasteiger partial charge in [-0.2, -0.15) is 0 Å². The zero-order valence-electron chi connectivity index (χ0n) is 16.1. The van der Waals surface area contributed by atoms with Crippen molar-refractivity contribution in [1.82, 2.24) is 14.9 Å². The van der Waals surface area contributed by atoms with E-state index in [0.29, 0.717) is 27.8 Å². The molecule has 9 heteroatoms. The average molecular weight is 405 g/mol. The van der Waals surface area contributed by atoms with Crippen LogP contribution in [-0.2, 0) is 16.6 Å². The second kappa shape index (κ2) is 7.78. The molecule has 0 radical (unpaired) electrons. The molecule has 1 atom stereocenters. The first kappa shape index (κ1) is 19.3. The maximum atomic E-state index is 12.4. The number of fused-ring (bicyclic) bond motifs is 2. The number of aryl methyl sites for hydroxylation is 1. The summed E-state index contributed by atoms with van der Waals surface area (Å²) < 4.78 is 1.36. The number of anilines is 2. The van der Waals surface area contributed by atoms with Crippen LogP contribution < -0.4 is 21.5 Å². The predicted molar refractivity (Wildman–Crippen MR) is 111 cm³/mol. The largest absolute Gasteiger partial charge is 0.340 e. The number of carbonyl (C=O) groups excluding carboxylic acids is 3. The van der Waals surface area contributed by atoms with Crippen LogP contribution in [0.1, 0.15) is 23.2 Å². The Bertz CT molecular complexity index is 1230. The van der Waals surface area contributed by atoms with E-state index >= 15 is 0 Å². The lowest BCUT2D eigenvalue weighted by molar-refractivity contribution is -0.118. The number of aromatic nitrogens is 2. The van der Waals surface area contributed by atoms with Crippen LogP contribution in [0.5, 0.6) is 0 Å². The standard InChI is InChI=1S/C21H19N5O4/c1-26-11-22-15-7-6-12(10-14(15)21(26)30)23-18(27)9-8-17-20(29)24-16-5-3-2-4-13(16)19(28)25-17/h2-7,10-11,17H,8-9H2,1H3,(H,23,27)(H,24,29)(H,25,28)/t17-/m1/s1. The Labute approximate surface area is 171 Å². The molecule has 1 aliphatic rings. The van der Waals surface area contributed by atoms with E-state index in [2.05, 4.69) is 20.9 Å². The first-order valence-corrected chi connectivity index (χ1v) is 9.38. The maximum Gasteiger partial charge on any atom is 0.260 e. The molecule has 0 bridgehead atoms. The predicted octanol–water partition coefficient (Wildman–Crippen LogP) is 1.40. The lowest BCUT2D eigenvalue weighted by atomic mass is 10.1. The van der Waals surface area contributed by atoms with Crippen molar-refractivity contribution >= 4 is 40.0 Å². The molecule has 3 amide bonds. The molecule has 1 aromatic heterocycles. The van der Waals surface area contributed by atoms with Crippen molar-refractivity contribution in [1.29, 1.82) is 0 Å². The molecule has 4 rings (SSSR count). The molecule has 0 spiro atoms. The Hall–Kier alpha value is -4.01. The van der Waals surface area contributed by atoms with Gasteiger partial charge in [0, 0.05) is 19.2 Å². The van der Waals surface area contributed by atoms with Gasteiger partial charge >= 0.3 is 0 Å². The molecule has 3 N–H and O–H groups in total. The highest BCUT2D eigenvalue weighted by Gasteiger charge is 2.27. The van der Waals surface area contributed by atoms with Crippen molar-refractivity contribution in [2.45, 2.75) is 18.9 Å². The van der Waals surface area contributed by atoms with E-state index in [9.17, 15) is 19.2 Å². The van der Waals surface area contributed by atoms with E-state index < -0.39 is 6.04 Å². The smallest absolute Gasteiger partial charge is 0.260 e. The molecule has 0 fully saturated rings. The van der Waals surface area contributed by atoms with E-state index in [4.69, 9.17) is 0 Å². The number of nitrogens with one attached hydrogen (secondary N) is 3. The lowest BCUT2D eigenvalue weighted by Gasteiger charge is -2.14. The number of hydrogen-bond acceptors (Lipinski definition) is 5. The van der Waals surface area contributed by atoms with E-state index in [1.54, 1.807) is 49.5 Å². The molecule has 0 aliphatic carbocycles. The molecule has 30 heavy (non-hydrogen) atoms. The highest BCUT2D eigenvalue weighted by atomic mass is 16.2. The summed E-state index contributed by atoms with van der Waals surface area (Å²) >= 11 is 0. The van der Waals surface area contributed by atoms with Gasteiger partial charge in [-0.15, -0.1) is 0 Å². The normalized spacial score (nSPS) is 15.7. The van der Waals surface area contributed by atoms with Crippen LogP contribution >= 0.6 is 0 Å². The topological polar surface area (TPSA) is 122 Å². The molecular formula is C21H19N5O4. The van der Waals surface area contributed by atoms with Gasteiger partial charge in [0.1, 0.15) is 6.04 Å². The van der Waals surface area contributed by atoms with Gasteiger partial charge in [0.25, 0.3) is 11.5 Å². The summed E-state index contributed by atoms with van der Waals surface area (Å²) in [5, 5.41) is 8.48. The average Bonchev–Trinajstić information content (AvgIpc) is 2.85. The van der Waals surface area contributed by atoms with Crippen LogP contribution in [0.4, 0.5) is 11.4 Å². The lowest BCUT2D eigenvalue weighted by Crippen LogP contribution is -2.41. The van der Waals surface area contributed by atoms with Crippen LogP contribution in [0.15, 0.2) is 53.6 Å². The number of para-hydroxylation sites is 1. The third-order valence-corrected chi connectivity index (χ3v) is 4.91. The molecule has 152 valence electrons. The summed E-state index contributed by atoms with van der Waals surface area (Å²) in [6, 6.07) is 10.8. The Kier molecular flexibility index (Phi) is 5.01. The van der Waals surface area contributed by atoms with Gasteiger partial charge < -0.3 is 20.5 Å². The van der Waals surface area contributed by atoms with Gasteiger partial charge in [0.15, 0.2) is 0 Å². The molecule has 2 heterocycles. The van der Waals surface area contributed by atoms with Crippen LogP contribution in [0.25, 0.3) is 10.9 Å². The molecule has 0 saturated heterocycles. The SMILES string of the molecule is Cn1cnc2ccc(NC(=O)CC[C@H]3NC(=O)c4ccccc4NC3=O)cc2c1=O. The summed E-state index contributed by atoms with van der Waals surface area (Å²) in [7, 11) is 1.60.